The van der Waals surface area contributed by atoms with Crippen LogP contribution < -0.4 is 0 Å². The van der Waals surface area contributed by atoms with Gasteiger partial charge in [0.1, 0.15) is 6.61 Å². The third-order valence-corrected chi connectivity index (χ3v) is 6.73. The van der Waals surface area contributed by atoms with Crippen LogP contribution in [0.25, 0.3) is 0 Å². The Kier molecular flexibility index (Phi) is 7.60. The van der Waals surface area contributed by atoms with Crippen LogP contribution >= 0.6 is 0 Å². The van der Waals surface area contributed by atoms with Gasteiger partial charge in [-0.2, -0.15) is 0 Å². The van der Waals surface area contributed by atoms with E-state index in [-0.39, 0.29) is 6.09 Å². The molecule has 0 aliphatic carbocycles. The molecule has 0 bridgehead atoms. The highest BCUT2D eigenvalue weighted by Crippen LogP contribution is 2.27. The van der Waals surface area contributed by atoms with Crippen molar-refractivity contribution in [1.29, 1.82) is 0 Å². The van der Waals surface area contributed by atoms with Crippen molar-refractivity contribution in [3.63, 3.8) is 0 Å². The number of carbonyl (C=O) groups excluding carboxylic acids is 1. The Bertz CT molecular complexity index is 806. The molecule has 2 atom stereocenters. The van der Waals surface area contributed by atoms with Gasteiger partial charge in [-0.25, -0.2) is 4.79 Å². The van der Waals surface area contributed by atoms with Crippen LogP contribution in [0.5, 0.6) is 0 Å². The zero-order valence-electron chi connectivity index (χ0n) is 18.7. The molecule has 31 heavy (non-hydrogen) atoms. The largest absolute Gasteiger partial charge is 0.445 e. The molecule has 2 aromatic rings. The maximum absolute atomic E-state index is 12.4. The van der Waals surface area contributed by atoms with Crippen molar-refractivity contribution in [2.75, 3.05) is 45.8 Å². The van der Waals surface area contributed by atoms with E-state index in [1.165, 1.54) is 24.9 Å². The molecule has 2 heterocycles. The fourth-order valence-corrected chi connectivity index (χ4v) is 4.83. The minimum Gasteiger partial charge on any atom is -0.445 e. The summed E-state index contributed by atoms with van der Waals surface area (Å²) in [6.45, 7) is 9.54. The lowest BCUT2D eigenvalue weighted by Gasteiger charge is -2.40. The van der Waals surface area contributed by atoms with E-state index in [4.69, 9.17) is 4.74 Å². The number of likely N-dealkylation sites (tertiary alicyclic amines) is 1. The van der Waals surface area contributed by atoms with Crippen molar-refractivity contribution in [3.8, 4) is 0 Å². The second-order valence-corrected chi connectivity index (χ2v) is 8.92. The average Bonchev–Trinajstić information content (AvgIpc) is 2.84. The molecule has 0 N–H and O–H groups in total. The van der Waals surface area contributed by atoms with Gasteiger partial charge < -0.3 is 9.64 Å². The van der Waals surface area contributed by atoms with E-state index in [1.54, 1.807) is 0 Å². The molecule has 5 nitrogen and oxygen atoms in total. The van der Waals surface area contributed by atoms with Gasteiger partial charge in [-0.1, -0.05) is 60.7 Å². The van der Waals surface area contributed by atoms with Crippen LogP contribution in [0.1, 0.15) is 36.9 Å². The number of carbonyl (C=O) groups is 1. The number of piperazine rings is 1. The molecular formula is C26H35N3O2. The molecule has 2 fully saturated rings. The number of hydrogen-bond donors (Lipinski definition) is 0. The lowest BCUT2D eigenvalue weighted by atomic mass is 9.94. The topological polar surface area (TPSA) is 36.0 Å². The Morgan fingerprint density at radius 2 is 1.65 bits per heavy atom. The quantitative estimate of drug-likeness (QED) is 0.692. The number of nitrogens with zero attached hydrogens (tertiary/aromatic N) is 3. The first kappa shape index (κ1) is 21.8. The van der Waals surface area contributed by atoms with Crippen molar-refractivity contribution >= 4 is 6.09 Å². The summed E-state index contributed by atoms with van der Waals surface area (Å²) in [5.74, 6) is 0.705. The maximum atomic E-state index is 12.4. The predicted octanol–water partition coefficient (Wildman–Crippen LogP) is 4.41. The zero-order valence-corrected chi connectivity index (χ0v) is 18.7. The highest BCUT2D eigenvalue weighted by atomic mass is 16.6. The van der Waals surface area contributed by atoms with Gasteiger partial charge in [0.25, 0.3) is 0 Å². The standard InChI is InChI=1S/C26H35N3O2/c1-22(25-12-6-3-7-13-25)29-14-8-11-24(20-29)19-27-15-17-28(18-16-27)26(30)31-21-23-9-4-2-5-10-23/h2-7,9-10,12-13,22,24H,8,11,14-21H2,1H3/t22-,24-/m1/s1. The van der Waals surface area contributed by atoms with E-state index in [2.05, 4.69) is 47.1 Å². The molecule has 4 rings (SSSR count). The van der Waals surface area contributed by atoms with Crippen molar-refractivity contribution in [2.24, 2.45) is 5.92 Å². The summed E-state index contributed by atoms with van der Waals surface area (Å²) in [5.41, 5.74) is 2.44. The van der Waals surface area contributed by atoms with Gasteiger partial charge in [0.05, 0.1) is 0 Å². The second-order valence-electron chi connectivity index (χ2n) is 8.92. The first-order chi connectivity index (χ1) is 15.2. The van der Waals surface area contributed by atoms with Crippen LogP contribution in [0.15, 0.2) is 60.7 Å². The normalized spacial score (nSPS) is 21.6. The Morgan fingerprint density at radius 3 is 2.35 bits per heavy atom. The number of amides is 1. The minimum absolute atomic E-state index is 0.191. The second kappa shape index (κ2) is 10.8. The van der Waals surface area contributed by atoms with Crippen molar-refractivity contribution in [2.45, 2.75) is 32.4 Å². The molecule has 1 amide bonds. The SMILES string of the molecule is C[C@H](c1ccccc1)N1CCC[C@H](CN2CCN(C(=O)OCc3ccccc3)CC2)C1. The molecule has 2 aromatic carbocycles. The van der Waals surface area contributed by atoms with E-state index in [1.807, 2.05) is 35.2 Å². The maximum Gasteiger partial charge on any atom is 0.410 e. The van der Waals surface area contributed by atoms with Crippen molar-refractivity contribution in [1.82, 2.24) is 14.7 Å². The Hall–Kier alpha value is -2.37. The fraction of sp³-hybridized carbons (Fsp3) is 0.500. The van der Waals surface area contributed by atoms with E-state index in [0.717, 1.165) is 44.8 Å². The van der Waals surface area contributed by atoms with Crippen LogP contribution in [0.2, 0.25) is 0 Å². The molecular weight excluding hydrogens is 386 g/mol. The summed E-state index contributed by atoms with van der Waals surface area (Å²) >= 11 is 0. The Morgan fingerprint density at radius 1 is 0.968 bits per heavy atom. The Labute approximate surface area is 186 Å². The molecule has 2 saturated heterocycles. The van der Waals surface area contributed by atoms with Crippen LogP contribution in [-0.2, 0) is 11.3 Å². The fourth-order valence-electron chi connectivity index (χ4n) is 4.83. The van der Waals surface area contributed by atoms with Gasteiger partial charge in [0, 0.05) is 45.3 Å². The number of ether oxygens (including phenoxy) is 1. The van der Waals surface area contributed by atoms with Gasteiger partial charge >= 0.3 is 6.09 Å². The molecule has 2 aliphatic heterocycles. The lowest BCUT2D eigenvalue weighted by molar-refractivity contribution is 0.0569. The highest BCUT2D eigenvalue weighted by molar-refractivity contribution is 5.67. The predicted molar refractivity (Wildman–Crippen MR) is 124 cm³/mol. The molecule has 0 radical (unpaired) electrons. The van der Waals surface area contributed by atoms with Gasteiger partial charge in [-0.05, 0) is 43.4 Å². The first-order valence-electron chi connectivity index (χ1n) is 11.7. The smallest absolute Gasteiger partial charge is 0.410 e. The Balaban J connectivity index is 1.20. The molecule has 0 saturated carbocycles. The third-order valence-electron chi connectivity index (χ3n) is 6.73. The van der Waals surface area contributed by atoms with Gasteiger partial charge in [-0.15, -0.1) is 0 Å². The van der Waals surface area contributed by atoms with Crippen molar-refractivity contribution in [3.05, 3.63) is 71.8 Å². The number of piperidine rings is 1. The van der Waals surface area contributed by atoms with E-state index >= 15 is 0 Å². The number of rotatable bonds is 6. The highest BCUT2D eigenvalue weighted by Gasteiger charge is 2.28. The van der Waals surface area contributed by atoms with E-state index in [0.29, 0.717) is 18.6 Å². The summed E-state index contributed by atoms with van der Waals surface area (Å²) in [6.07, 6.45) is 2.38. The molecule has 0 aromatic heterocycles. The van der Waals surface area contributed by atoms with E-state index in [9.17, 15) is 4.79 Å². The summed E-state index contributed by atoms with van der Waals surface area (Å²) in [5, 5.41) is 0. The zero-order chi connectivity index (χ0) is 21.5. The van der Waals surface area contributed by atoms with Crippen LogP contribution in [0.4, 0.5) is 4.79 Å². The molecule has 2 aliphatic rings. The van der Waals surface area contributed by atoms with Gasteiger partial charge in [0.2, 0.25) is 0 Å². The average molecular weight is 422 g/mol. The molecule has 5 heteroatoms. The third kappa shape index (κ3) is 6.08. The van der Waals surface area contributed by atoms with Crippen LogP contribution in [-0.4, -0.2) is 66.6 Å². The molecule has 0 spiro atoms. The summed E-state index contributed by atoms with van der Waals surface area (Å²) in [4.78, 5) is 19.4. The van der Waals surface area contributed by atoms with Crippen LogP contribution in [0, 0.1) is 5.92 Å². The number of benzene rings is 2. The monoisotopic (exact) mass is 421 g/mol. The lowest BCUT2D eigenvalue weighted by Crippen LogP contribution is -2.51. The minimum atomic E-state index is -0.191. The summed E-state index contributed by atoms with van der Waals surface area (Å²) < 4.78 is 5.50. The molecule has 0 unspecified atom stereocenters. The first-order valence-corrected chi connectivity index (χ1v) is 11.7. The van der Waals surface area contributed by atoms with Gasteiger partial charge in [0.15, 0.2) is 0 Å². The van der Waals surface area contributed by atoms with Crippen LogP contribution in [0.3, 0.4) is 0 Å². The van der Waals surface area contributed by atoms with Gasteiger partial charge in [-0.3, -0.25) is 9.80 Å². The van der Waals surface area contributed by atoms with E-state index < -0.39 is 0 Å². The molecule has 166 valence electrons. The number of hydrogen-bond acceptors (Lipinski definition) is 4. The summed E-state index contributed by atoms with van der Waals surface area (Å²) in [7, 11) is 0. The summed E-state index contributed by atoms with van der Waals surface area (Å²) in [6, 6.07) is 21.2. The van der Waals surface area contributed by atoms with Crippen molar-refractivity contribution < 1.29 is 9.53 Å².